The molecule has 0 aliphatic carbocycles. The molecule has 0 radical (unpaired) electrons. The summed E-state index contributed by atoms with van der Waals surface area (Å²) in [5.74, 6) is 0. The van der Waals surface area contributed by atoms with Crippen molar-refractivity contribution in [1.29, 1.82) is 5.26 Å². The molecule has 0 aromatic carbocycles. The Morgan fingerprint density at radius 1 is 1.06 bits per heavy atom. The predicted molar refractivity (Wildman–Crippen MR) is 66.8 cm³/mol. The van der Waals surface area contributed by atoms with E-state index in [1.807, 2.05) is 0 Å². The number of fused-ring (bicyclic) bond motifs is 2. The predicted octanol–water partition coefficient (Wildman–Crippen LogP) is 0.423. The van der Waals surface area contributed by atoms with Crippen LogP contribution in [-0.2, 0) is 0 Å². The van der Waals surface area contributed by atoms with Crippen LogP contribution in [0.5, 0.6) is 0 Å². The summed E-state index contributed by atoms with van der Waals surface area (Å²) in [6, 6.07) is 2.18. The highest BCUT2D eigenvalue weighted by atomic mass is 15.5. The highest BCUT2D eigenvalue weighted by Gasteiger charge is 2.25. The third-order valence-corrected chi connectivity index (χ3v) is 3.38. The molecule has 96 valence electrons. The third-order valence-electron chi connectivity index (χ3n) is 3.38. The SMILES string of the molecule is N#CCCCCNCN1CN2CCCN(C2)C1. The van der Waals surface area contributed by atoms with Crippen molar-refractivity contribution in [2.75, 3.05) is 46.3 Å². The summed E-state index contributed by atoms with van der Waals surface area (Å²) in [6.07, 6.45) is 4.12. The molecule has 0 amide bonds. The molecule has 2 rings (SSSR count). The van der Waals surface area contributed by atoms with Crippen molar-refractivity contribution in [2.45, 2.75) is 25.7 Å². The maximum absolute atomic E-state index is 8.43. The normalized spacial score (nSPS) is 28.9. The van der Waals surface area contributed by atoms with Crippen molar-refractivity contribution in [3.8, 4) is 6.07 Å². The molecule has 2 unspecified atom stereocenters. The van der Waals surface area contributed by atoms with E-state index in [-0.39, 0.29) is 0 Å². The van der Waals surface area contributed by atoms with Gasteiger partial charge in [-0.25, -0.2) is 0 Å². The van der Waals surface area contributed by atoms with Crippen LogP contribution in [0, 0.1) is 11.3 Å². The number of nitrogens with one attached hydrogen (secondary N) is 1. The first-order valence-electron chi connectivity index (χ1n) is 6.63. The Kier molecular flexibility index (Phi) is 5.20. The lowest BCUT2D eigenvalue weighted by Crippen LogP contribution is -2.59. The first-order chi connectivity index (χ1) is 8.38. The van der Waals surface area contributed by atoms with Crippen LogP contribution in [-0.4, -0.2) is 61.0 Å². The monoisotopic (exact) mass is 237 g/mol. The van der Waals surface area contributed by atoms with Gasteiger partial charge in [-0.3, -0.25) is 14.7 Å². The van der Waals surface area contributed by atoms with Crippen LogP contribution in [0.2, 0.25) is 0 Å². The van der Waals surface area contributed by atoms with Crippen LogP contribution in [0.1, 0.15) is 25.7 Å². The summed E-state index contributed by atoms with van der Waals surface area (Å²) in [4.78, 5) is 7.46. The van der Waals surface area contributed by atoms with Crippen molar-refractivity contribution >= 4 is 0 Å². The molecule has 17 heavy (non-hydrogen) atoms. The Labute approximate surface area is 104 Å². The molecule has 0 aromatic heterocycles. The zero-order valence-corrected chi connectivity index (χ0v) is 10.6. The molecule has 0 aromatic rings. The first-order valence-corrected chi connectivity index (χ1v) is 6.63. The number of nitrogens with zero attached hydrogens (tertiary/aromatic N) is 4. The summed E-state index contributed by atoms with van der Waals surface area (Å²) in [5, 5.41) is 11.9. The third kappa shape index (κ3) is 4.25. The van der Waals surface area contributed by atoms with E-state index in [1.54, 1.807) is 0 Å². The Morgan fingerprint density at radius 3 is 2.53 bits per heavy atom. The fourth-order valence-electron chi connectivity index (χ4n) is 2.57. The second-order valence-electron chi connectivity index (χ2n) is 5.01. The van der Waals surface area contributed by atoms with E-state index in [0.717, 1.165) is 46.1 Å². The van der Waals surface area contributed by atoms with Crippen LogP contribution >= 0.6 is 0 Å². The number of hydrogen-bond acceptors (Lipinski definition) is 5. The second-order valence-corrected chi connectivity index (χ2v) is 5.01. The van der Waals surface area contributed by atoms with Gasteiger partial charge in [0.2, 0.25) is 0 Å². The topological polar surface area (TPSA) is 45.5 Å². The molecule has 2 heterocycles. The van der Waals surface area contributed by atoms with Gasteiger partial charge in [0.15, 0.2) is 0 Å². The quantitative estimate of drug-likeness (QED) is 0.679. The van der Waals surface area contributed by atoms with Gasteiger partial charge >= 0.3 is 0 Å². The van der Waals surface area contributed by atoms with Crippen molar-refractivity contribution in [3.05, 3.63) is 0 Å². The van der Waals surface area contributed by atoms with E-state index in [2.05, 4.69) is 26.1 Å². The maximum atomic E-state index is 8.43. The van der Waals surface area contributed by atoms with E-state index in [9.17, 15) is 0 Å². The minimum Gasteiger partial charge on any atom is -0.304 e. The van der Waals surface area contributed by atoms with Gasteiger partial charge < -0.3 is 5.32 Å². The van der Waals surface area contributed by atoms with Gasteiger partial charge in [0.1, 0.15) is 0 Å². The number of unbranched alkanes of at least 4 members (excludes halogenated alkanes) is 2. The minimum atomic E-state index is 0.687. The molecule has 2 bridgehead atoms. The van der Waals surface area contributed by atoms with E-state index in [1.165, 1.54) is 19.5 Å². The highest BCUT2D eigenvalue weighted by molar-refractivity contribution is 4.74. The molecule has 5 heteroatoms. The van der Waals surface area contributed by atoms with Crippen molar-refractivity contribution in [1.82, 2.24) is 20.0 Å². The molecule has 5 nitrogen and oxygen atoms in total. The molecule has 1 N–H and O–H groups in total. The van der Waals surface area contributed by atoms with Gasteiger partial charge in [-0.1, -0.05) is 0 Å². The average Bonchev–Trinajstić information content (AvgIpc) is 2.33. The van der Waals surface area contributed by atoms with Crippen molar-refractivity contribution < 1.29 is 0 Å². The Morgan fingerprint density at radius 2 is 1.82 bits per heavy atom. The fraction of sp³-hybridized carbons (Fsp3) is 0.917. The number of nitriles is 1. The van der Waals surface area contributed by atoms with Crippen molar-refractivity contribution in [2.24, 2.45) is 0 Å². The lowest BCUT2D eigenvalue weighted by atomic mass is 10.2. The van der Waals surface area contributed by atoms with Crippen LogP contribution in [0.25, 0.3) is 0 Å². The van der Waals surface area contributed by atoms with Gasteiger partial charge in [0.05, 0.1) is 32.7 Å². The molecule has 0 saturated carbocycles. The Bertz CT molecular complexity index is 250. The van der Waals surface area contributed by atoms with Crippen LogP contribution in [0.4, 0.5) is 0 Å². The van der Waals surface area contributed by atoms with E-state index in [0.29, 0.717) is 6.42 Å². The minimum absolute atomic E-state index is 0.687. The second kappa shape index (κ2) is 6.92. The summed E-state index contributed by atoms with van der Waals surface area (Å²) in [7, 11) is 0. The summed E-state index contributed by atoms with van der Waals surface area (Å²) >= 11 is 0. The molecule has 0 spiro atoms. The maximum Gasteiger partial charge on any atom is 0.0621 e. The fourth-order valence-corrected chi connectivity index (χ4v) is 2.57. The number of rotatable bonds is 6. The molecule has 2 aliphatic rings. The molecule has 2 fully saturated rings. The zero-order chi connectivity index (χ0) is 11.9. The smallest absolute Gasteiger partial charge is 0.0621 e. The van der Waals surface area contributed by atoms with E-state index in [4.69, 9.17) is 5.26 Å². The largest absolute Gasteiger partial charge is 0.304 e. The zero-order valence-electron chi connectivity index (χ0n) is 10.6. The van der Waals surface area contributed by atoms with E-state index < -0.39 is 0 Å². The Hall–Kier alpha value is -0.670. The number of hydrogen-bond donors (Lipinski definition) is 1. The van der Waals surface area contributed by atoms with Crippen molar-refractivity contribution in [3.63, 3.8) is 0 Å². The van der Waals surface area contributed by atoms with Crippen LogP contribution in [0.3, 0.4) is 0 Å². The summed E-state index contributed by atoms with van der Waals surface area (Å²) < 4.78 is 0. The lowest BCUT2D eigenvalue weighted by Gasteiger charge is -2.45. The summed E-state index contributed by atoms with van der Waals surface area (Å²) in [5.41, 5.74) is 0. The van der Waals surface area contributed by atoms with Gasteiger partial charge in [0, 0.05) is 19.5 Å². The van der Waals surface area contributed by atoms with E-state index >= 15 is 0 Å². The molecular formula is C12H23N5. The van der Waals surface area contributed by atoms with Gasteiger partial charge in [-0.05, 0) is 25.8 Å². The highest BCUT2D eigenvalue weighted by Crippen LogP contribution is 2.12. The van der Waals surface area contributed by atoms with Crippen LogP contribution in [0.15, 0.2) is 0 Å². The lowest BCUT2D eigenvalue weighted by molar-refractivity contribution is -0.0582. The molecule has 2 aliphatic heterocycles. The summed E-state index contributed by atoms with van der Waals surface area (Å²) in [6.45, 7) is 7.84. The standard InChI is InChI=1S/C12H23N5/c13-5-2-1-3-6-14-9-17-11-15-7-4-8-16(10-15)12-17/h14H,1-4,6-12H2. The first kappa shape index (κ1) is 12.8. The van der Waals surface area contributed by atoms with Gasteiger partial charge in [0.25, 0.3) is 0 Å². The average molecular weight is 237 g/mol. The van der Waals surface area contributed by atoms with Gasteiger partial charge in [-0.15, -0.1) is 0 Å². The molecule has 2 atom stereocenters. The molecule has 2 saturated heterocycles. The van der Waals surface area contributed by atoms with Gasteiger partial charge in [-0.2, -0.15) is 5.26 Å². The van der Waals surface area contributed by atoms with Crippen LogP contribution < -0.4 is 5.32 Å². The molecular weight excluding hydrogens is 214 g/mol. The Balaban J connectivity index is 1.55.